The molecule has 2 N–H and O–H groups in total. The Kier molecular flexibility index (Phi) is 11.6. The van der Waals surface area contributed by atoms with Gasteiger partial charge in [0.15, 0.2) is 6.29 Å². The number of aromatic nitrogens is 1. The number of nitrogens with zero attached hydrogens (tertiary/aromatic N) is 2. The first-order valence-electron chi connectivity index (χ1n) is 20.4. The summed E-state index contributed by atoms with van der Waals surface area (Å²) in [5.41, 5.74) is 0.125. The van der Waals surface area contributed by atoms with Crippen molar-refractivity contribution in [1.82, 2.24) is 20.5 Å². The Morgan fingerprint density at radius 1 is 1.00 bits per heavy atom. The predicted octanol–water partition coefficient (Wildman–Crippen LogP) is 5.57. The number of carbonyl (C=O) groups excluding carboxylic acids is 4. The van der Waals surface area contributed by atoms with Gasteiger partial charge in [-0.15, -0.1) is 0 Å². The molecule has 14 nitrogen and oxygen atoms in total. The first kappa shape index (κ1) is 39.7. The first-order valence-corrected chi connectivity index (χ1v) is 20.8. The van der Waals surface area contributed by atoms with Crippen LogP contribution in [0.3, 0.4) is 0 Å². The van der Waals surface area contributed by atoms with Crippen LogP contribution in [-0.4, -0.2) is 104 Å². The molecular formula is C42H53ClN4O10. The highest BCUT2D eigenvalue weighted by Gasteiger charge is 2.62. The number of allylic oxidation sites excluding steroid dienone is 1. The molecule has 308 valence electrons. The summed E-state index contributed by atoms with van der Waals surface area (Å²) in [7, 11) is 4.36. The number of rotatable bonds is 11. The fourth-order valence-corrected chi connectivity index (χ4v) is 9.25. The number of hydrogen-bond acceptors (Lipinski definition) is 11. The second-order valence-electron chi connectivity index (χ2n) is 16.6. The normalized spacial score (nSPS) is 31.6. The Hall–Kier alpha value is -4.14. The summed E-state index contributed by atoms with van der Waals surface area (Å²) in [5.74, 6) is 0.830. The molecule has 2 aliphatic heterocycles. The van der Waals surface area contributed by atoms with Crippen molar-refractivity contribution in [3.8, 4) is 11.5 Å². The second-order valence-corrected chi connectivity index (χ2v) is 16.9. The van der Waals surface area contributed by atoms with Crippen LogP contribution < -0.4 is 20.1 Å². The van der Waals surface area contributed by atoms with Crippen molar-refractivity contribution in [3.63, 3.8) is 0 Å². The van der Waals surface area contributed by atoms with Gasteiger partial charge in [0.1, 0.15) is 53.0 Å². The van der Waals surface area contributed by atoms with Gasteiger partial charge < -0.3 is 44.0 Å². The van der Waals surface area contributed by atoms with E-state index in [1.807, 2.05) is 24.3 Å². The number of halogens is 1. The van der Waals surface area contributed by atoms with Crippen molar-refractivity contribution >= 4 is 46.4 Å². The number of methoxy groups -OCH3 is 3. The quantitative estimate of drug-likeness (QED) is 0.166. The average molecular weight is 809 g/mol. The van der Waals surface area contributed by atoms with Crippen LogP contribution in [0, 0.1) is 17.8 Å². The van der Waals surface area contributed by atoms with Gasteiger partial charge in [-0.2, -0.15) is 0 Å². The Morgan fingerprint density at radius 3 is 2.53 bits per heavy atom. The lowest BCUT2D eigenvalue weighted by molar-refractivity contribution is -0.148. The van der Waals surface area contributed by atoms with Crippen LogP contribution >= 0.6 is 11.6 Å². The number of fused-ring (bicyclic) bond motifs is 4. The number of benzene rings is 1. The van der Waals surface area contributed by atoms with E-state index in [-0.39, 0.29) is 37.5 Å². The summed E-state index contributed by atoms with van der Waals surface area (Å²) in [4.78, 5) is 61.9. The van der Waals surface area contributed by atoms with E-state index in [2.05, 4.69) is 10.6 Å². The molecule has 5 fully saturated rings. The van der Waals surface area contributed by atoms with E-state index in [9.17, 15) is 19.2 Å². The SMILES string of the molecule is COC(=O)[C@@]12C[C@@H]1/C=C\CCCCC[C@H](NC(=O)OC1CC3CC3C1)C(=O)N1C[C@H](Oc3cc(C4CC4)nc4c(Cl)c(OCC(OC)OC)ccc34)C[C@H]1C(=O)N2. The maximum Gasteiger partial charge on any atom is 0.408 e. The lowest BCUT2D eigenvalue weighted by atomic mass is 10.0. The monoisotopic (exact) mass is 808 g/mol. The smallest absolute Gasteiger partial charge is 0.408 e. The number of alkyl carbamates (subject to hydrolysis) is 1. The molecule has 2 unspecified atom stereocenters. The minimum atomic E-state index is -1.22. The van der Waals surface area contributed by atoms with Crippen molar-refractivity contribution < 1.29 is 47.6 Å². The van der Waals surface area contributed by atoms with Gasteiger partial charge in [-0.3, -0.25) is 14.6 Å². The third-order valence-corrected chi connectivity index (χ3v) is 13.0. The lowest BCUT2D eigenvalue weighted by Crippen LogP contribution is -2.56. The van der Waals surface area contributed by atoms with E-state index in [1.54, 1.807) is 6.07 Å². The number of amides is 3. The summed E-state index contributed by atoms with van der Waals surface area (Å²) in [5, 5.41) is 6.84. The van der Waals surface area contributed by atoms with Crippen LogP contribution in [-0.2, 0) is 33.3 Å². The minimum absolute atomic E-state index is 0.0671. The van der Waals surface area contributed by atoms with Crippen LogP contribution in [0.5, 0.6) is 11.5 Å². The Morgan fingerprint density at radius 2 is 1.79 bits per heavy atom. The fourth-order valence-electron chi connectivity index (χ4n) is 8.99. The first-order chi connectivity index (χ1) is 27.6. The summed E-state index contributed by atoms with van der Waals surface area (Å²) < 4.78 is 34.2. The number of hydrogen-bond donors (Lipinski definition) is 2. The number of esters is 1. The molecule has 1 aromatic heterocycles. The number of carbonyl (C=O) groups is 4. The molecule has 0 spiro atoms. The van der Waals surface area contributed by atoms with Gasteiger partial charge in [-0.05, 0) is 81.8 Å². The van der Waals surface area contributed by atoms with Gasteiger partial charge in [-0.25, -0.2) is 9.59 Å². The summed E-state index contributed by atoms with van der Waals surface area (Å²) in [6, 6.07) is 3.58. The Balaban J connectivity index is 1.07. The third kappa shape index (κ3) is 8.54. The van der Waals surface area contributed by atoms with E-state index in [0.717, 1.165) is 50.6 Å². The standard InChI is InChI=1S/C42H53ClN4O10/c1-52-35(53-2)22-55-33-14-13-29-34(19-31(23-11-12-23)44-37(29)36(33)43)56-28-18-32-38(48)46-42(40(50)54-3)20-26(42)9-7-5-4-6-8-10-30(39(49)47(32)21-28)45-41(51)57-27-16-24-15-25(24)17-27/h7,9,13-14,19,23-28,30,32,35H,4-6,8,10-12,15-18,20-22H2,1-3H3,(H,45,51)(H,46,48)/b9-7-/t24?,25?,26-,27?,28+,30-,32-,42+/m0/s1. The number of ether oxygens (including phenoxy) is 6. The van der Waals surface area contributed by atoms with E-state index in [4.69, 9.17) is 45.0 Å². The molecular weight excluding hydrogens is 756 g/mol. The maximum absolute atomic E-state index is 14.7. The van der Waals surface area contributed by atoms with Gasteiger partial charge in [0.05, 0.1) is 19.2 Å². The van der Waals surface area contributed by atoms with Crippen molar-refractivity contribution in [2.45, 2.75) is 119 Å². The van der Waals surface area contributed by atoms with Crippen LogP contribution in [0.1, 0.15) is 88.7 Å². The van der Waals surface area contributed by atoms with Gasteiger partial charge >= 0.3 is 12.1 Å². The number of nitrogens with one attached hydrogen (secondary N) is 2. The van der Waals surface area contributed by atoms with Gasteiger partial charge in [0, 0.05) is 49.6 Å². The van der Waals surface area contributed by atoms with Crippen LogP contribution in [0.4, 0.5) is 4.79 Å². The van der Waals surface area contributed by atoms with Gasteiger partial charge in [-0.1, -0.05) is 36.6 Å². The molecule has 3 heterocycles. The second kappa shape index (κ2) is 16.6. The third-order valence-electron chi connectivity index (χ3n) is 12.6. The molecule has 0 bridgehead atoms. The molecule has 1 aromatic carbocycles. The molecule has 1 saturated heterocycles. The van der Waals surface area contributed by atoms with E-state index in [1.165, 1.54) is 32.7 Å². The molecule has 15 heteroatoms. The highest BCUT2D eigenvalue weighted by atomic mass is 35.5. The van der Waals surface area contributed by atoms with Crippen molar-refractivity contribution in [2.24, 2.45) is 17.8 Å². The fraction of sp³-hybridized carbons (Fsp3) is 0.643. The molecule has 0 radical (unpaired) electrons. The lowest BCUT2D eigenvalue weighted by Gasteiger charge is -2.29. The molecule has 3 amide bonds. The van der Waals surface area contributed by atoms with Gasteiger partial charge in [0.25, 0.3) is 0 Å². The average Bonchev–Trinajstić information content (AvgIpc) is 4.17. The van der Waals surface area contributed by atoms with Crippen molar-refractivity contribution in [1.29, 1.82) is 0 Å². The van der Waals surface area contributed by atoms with E-state index >= 15 is 0 Å². The zero-order valence-electron chi connectivity index (χ0n) is 32.8. The van der Waals surface area contributed by atoms with Crippen LogP contribution in [0.15, 0.2) is 30.4 Å². The largest absolute Gasteiger partial charge is 0.488 e. The molecule has 2 aromatic rings. The van der Waals surface area contributed by atoms with Crippen LogP contribution in [0.25, 0.3) is 10.9 Å². The Bertz CT molecular complexity index is 1890. The summed E-state index contributed by atoms with van der Waals surface area (Å²) >= 11 is 6.93. The maximum atomic E-state index is 14.7. The summed E-state index contributed by atoms with van der Waals surface area (Å²) in [6.45, 7) is 0.181. The predicted molar refractivity (Wildman–Crippen MR) is 208 cm³/mol. The molecule has 4 aliphatic carbocycles. The molecule has 8 rings (SSSR count). The van der Waals surface area contributed by atoms with E-state index in [0.29, 0.717) is 58.5 Å². The van der Waals surface area contributed by atoms with Gasteiger partial charge in [0.2, 0.25) is 11.8 Å². The van der Waals surface area contributed by atoms with Crippen molar-refractivity contribution in [3.05, 3.63) is 41.1 Å². The summed E-state index contributed by atoms with van der Waals surface area (Å²) in [6.07, 6.45) is 11.1. The zero-order valence-corrected chi connectivity index (χ0v) is 33.6. The molecule has 4 saturated carbocycles. The Labute approximate surface area is 337 Å². The van der Waals surface area contributed by atoms with E-state index < -0.39 is 53.9 Å². The minimum Gasteiger partial charge on any atom is -0.488 e. The molecule has 57 heavy (non-hydrogen) atoms. The number of pyridine rings is 1. The molecule has 7 atom stereocenters. The van der Waals surface area contributed by atoms with Crippen molar-refractivity contribution in [2.75, 3.05) is 34.5 Å². The zero-order chi connectivity index (χ0) is 39.8. The van der Waals surface area contributed by atoms with Crippen LogP contribution in [0.2, 0.25) is 5.02 Å². The highest BCUT2D eigenvalue weighted by Crippen LogP contribution is 2.52. The highest BCUT2D eigenvalue weighted by molar-refractivity contribution is 6.36. The topological polar surface area (TPSA) is 164 Å². The molecule has 6 aliphatic rings.